The molecule has 4 nitrogen and oxygen atoms in total. The largest absolute Gasteiger partial charge is 0.347 e. The molecule has 1 aromatic heterocycles. The molecule has 0 aliphatic rings. The van der Waals surface area contributed by atoms with Crippen LogP contribution >= 0.6 is 11.6 Å². The van der Waals surface area contributed by atoms with Crippen LogP contribution in [-0.2, 0) is 17.3 Å². The van der Waals surface area contributed by atoms with Crippen LogP contribution in [0.5, 0.6) is 0 Å². The van der Waals surface area contributed by atoms with E-state index < -0.39 is 5.38 Å². The number of alkyl halides is 1. The van der Waals surface area contributed by atoms with Crippen molar-refractivity contribution in [3.63, 3.8) is 0 Å². The summed E-state index contributed by atoms with van der Waals surface area (Å²) in [6.07, 6.45) is 1.82. The molecule has 0 aliphatic heterocycles. The zero-order valence-electron chi connectivity index (χ0n) is 11.3. The van der Waals surface area contributed by atoms with Crippen molar-refractivity contribution >= 4 is 17.5 Å². The van der Waals surface area contributed by atoms with Gasteiger partial charge in [0.1, 0.15) is 5.38 Å². The van der Waals surface area contributed by atoms with Crippen molar-refractivity contribution < 1.29 is 4.79 Å². The van der Waals surface area contributed by atoms with E-state index in [0.29, 0.717) is 0 Å². The first-order valence-electron chi connectivity index (χ1n) is 5.54. The van der Waals surface area contributed by atoms with Gasteiger partial charge in [-0.05, 0) is 0 Å². The van der Waals surface area contributed by atoms with Crippen LogP contribution in [0.15, 0.2) is 6.20 Å². The lowest BCUT2D eigenvalue weighted by Gasteiger charge is -2.20. The fraction of sp³-hybridized carbons (Fsp3) is 0.667. The van der Waals surface area contributed by atoms with Gasteiger partial charge in [-0.1, -0.05) is 20.8 Å². The maximum atomic E-state index is 11.9. The molecular weight excluding hydrogens is 238 g/mol. The van der Waals surface area contributed by atoms with Crippen molar-refractivity contribution in [2.24, 2.45) is 7.05 Å². The predicted octanol–water partition coefficient (Wildman–Crippen LogP) is 2.09. The summed E-state index contributed by atoms with van der Waals surface area (Å²) in [5.74, 6) is -0.120. The first-order chi connectivity index (χ1) is 7.64. The number of carbonyl (C=O) groups is 1. The van der Waals surface area contributed by atoms with Crippen LogP contribution < -0.4 is 0 Å². The lowest BCUT2D eigenvalue weighted by atomic mass is 9.88. The van der Waals surface area contributed by atoms with Crippen molar-refractivity contribution in [1.82, 2.24) is 14.7 Å². The monoisotopic (exact) mass is 257 g/mol. The predicted molar refractivity (Wildman–Crippen MR) is 69.2 cm³/mol. The van der Waals surface area contributed by atoms with Gasteiger partial charge in [0, 0.05) is 38.3 Å². The molecule has 1 heterocycles. The Bertz CT molecular complexity index is 418. The third-order valence-corrected chi connectivity index (χ3v) is 2.92. The summed E-state index contributed by atoms with van der Waals surface area (Å²) in [5.41, 5.74) is 1.53. The number of aromatic nitrogens is 2. The third-order valence-electron chi connectivity index (χ3n) is 2.50. The first kappa shape index (κ1) is 14.0. The van der Waals surface area contributed by atoms with Gasteiger partial charge in [0.2, 0.25) is 5.91 Å². The van der Waals surface area contributed by atoms with Gasteiger partial charge < -0.3 is 4.90 Å². The molecule has 0 fully saturated rings. The average molecular weight is 258 g/mol. The maximum Gasteiger partial charge on any atom is 0.244 e. The van der Waals surface area contributed by atoms with E-state index in [4.69, 9.17) is 11.6 Å². The second-order valence-corrected chi connectivity index (χ2v) is 5.89. The van der Waals surface area contributed by atoms with E-state index in [2.05, 4.69) is 25.9 Å². The summed E-state index contributed by atoms with van der Waals surface area (Å²) in [6, 6.07) is 0. The lowest BCUT2D eigenvalue weighted by molar-refractivity contribution is -0.128. The molecule has 1 unspecified atom stereocenters. The Morgan fingerprint density at radius 1 is 1.47 bits per heavy atom. The SMILES string of the molecule is CN(C)C(=O)C(Cl)c1cn(C)nc1C(C)(C)C. The van der Waals surface area contributed by atoms with Crippen LogP contribution in [0.3, 0.4) is 0 Å². The highest BCUT2D eigenvalue weighted by Gasteiger charge is 2.29. The van der Waals surface area contributed by atoms with Crippen LogP contribution in [0, 0.1) is 0 Å². The summed E-state index contributed by atoms with van der Waals surface area (Å²) in [4.78, 5) is 13.4. The highest BCUT2D eigenvalue weighted by Crippen LogP contribution is 2.32. The molecule has 0 radical (unpaired) electrons. The Morgan fingerprint density at radius 3 is 2.41 bits per heavy atom. The number of likely N-dealkylation sites (N-methyl/N-ethyl adjacent to an activating group) is 1. The fourth-order valence-electron chi connectivity index (χ4n) is 1.63. The van der Waals surface area contributed by atoms with Crippen molar-refractivity contribution in [1.29, 1.82) is 0 Å². The van der Waals surface area contributed by atoms with Crippen LogP contribution in [0.2, 0.25) is 0 Å². The molecule has 0 bridgehead atoms. The molecule has 0 saturated heterocycles. The number of nitrogens with zero attached hydrogens (tertiary/aromatic N) is 3. The standard InChI is InChI=1S/C12H20ClN3O/c1-12(2,3)10-8(7-16(6)14-10)9(13)11(17)15(4)5/h7,9H,1-6H3. The smallest absolute Gasteiger partial charge is 0.244 e. The zero-order chi connectivity index (χ0) is 13.4. The van der Waals surface area contributed by atoms with E-state index in [9.17, 15) is 4.79 Å². The Hall–Kier alpha value is -1.03. The van der Waals surface area contributed by atoms with Gasteiger partial charge in [0.25, 0.3) is 0 Å². The average Bonchev–Trinajstić information content (AvgIpc) is 2.57. The molecule has 0 aliphatic carbocycles. The van der Waals surface area contributed by atoms with Crippen LogP contribution in [-0.4, -0.2) is 34.7 Å². The van der Waals surface area contributed by atoms with Crippen LogP contribution in [0.1, 0.15) is 37.4 Å². The topological polar surface area (TPSA) is 38.1 Å². The molecule has 0 N–H and O–H groups in total. The minimum atomic E-state index is -0.673. The van der Waals surface area contributed by atoms with E-state index in [1.807, 2.05) is 13.2 Å². The molecule has 1 rings (SSSR count). The highest BCUT2D eigenvalue weighted by molar-refractivity contribution is 6.30. The first-order valence-corrected chi connectivity index (χ1v) is 5.97. The highest BCUT2D eigenvalue weighted by atomic mass is 35.5. The maximum absolute atomic E-state index is 11.9. The van der Waals surface area contributed by atoms with E-state index in [0.717, 1.165) is 11.3 Å². The van der Waals surface area contributed by atoms with Gasteiger partial charge in [-0.15, -0.1) is 11.6 Å². The van der Waals surface area contributed by atoms with Gasteiger partial charge >= 0.3 is 0 Å². The Balaban J connectivity index is 3.18. The minimum absolute atomic E-state index is 0.120. The second-order valence-electron chi connectivity index (χ2n) is 5.45. The van der Waals surface area contributed by atoms with Crippen molar-refractivity contribution in [2.45, 2.75) is 31.6 Å². The molecule has 1 aromatic rings. The molecule has 1 amide bonds. The van der Waals surface area contributed by atoms with E-state index in [-0.39, 0.29) is 11.3 Å². The molecule has 5 heteroatoms. The summed E-state index contributed by atoms with van der Waals surface area (Å²) in [5, 5.41) is 3.73. The number of rotatable bonds is 2. The van der Waals surface area contributed by atoms with E-state index >= 15 is 0 Å². The molecule has 96 valence electrons. The number of aryl methyl sites for hydroxylation is 1. The number of halogens is 1. The van der Waals surface area contributed by atoms with Crippen molar-refractivity contribution in [3.05, 3.63) is 17.5 Å². The summed E-state index contributed by atoms with van der Waals surface area (Å²) < 4.78 is 1.70. The summed E-state index contributed by atoms with van der Waals surface area (Å²) in [6.45, 7) is 6.17. The lowest BCUT2D eigenvalue weighted by Crippen LogP contribution is -2.27. The fourth-order valence-corrected chi connectivity index (χ4v) is 1.99. The van der Waals surface area contributed by atoms with E-state index in [1.165, 1.54) is 4.90 Å². The molecule has 0 spiro atoms. The minimum Gasteiger partial charge on any atom is -0.347 e. The zero-order valence-corrected chi connectivity index (χ0v) is 12.0. The molecular formula is C12H20ClN3O. The second kappa shape index (κ2) is 4.69. The number of hydrogen-bond acceptors (Lipinski definition) is 2. The van der Waals surface area contributed by atoms with E-state index in [1.54, 1.807) is 18.8 Å². The molecule has 0 saturated carbocycles. The molecule has 1 atom stereocenters. The quantitative estimate of drug-likeness (QED) is 0.761. The van der Waals surface area contributed by atoms with Gasteiger partial charge in [-0.2, -0.15) is 5.10 Å². The summed E-state index contributed by atoms with van der Waals surface area (Å²) >= 11 is 6.23. The molecule has 0 aromatic carbocycles. The normalized spacial score (nSPS) is 13.6. The van der Waals surface area contributed by atoms with Crippen molar-refractivity contribution in [2.75, 3.05) is 14.1 Å². The van der Waals surface area contributed by atoms with Crippen molar-refractivity contribution in [3.8, 4) is 0 Å². The van der Waals surface area contributed by atoms with Gasteiger partial charge in [-0.3, -0.25) is 9.48 Å². The van der Waals surface area contributed by atoms with Gasteiger partial charge in [0.05, 0.1) is 5.69 Å². The van der Waals surface area contributed by atoms with Gasteiger partial charge in [-0.25, -0.2) is 0 Å². The van der Waals surface area contributed by atoms with Gasteiger partial charge in [0.15, 0.2) is 0 Å². The number of amides is 1. The Morgan fingerprint density at radius 2 is 2.00 bits per heavy atom. The third kappa shape index (κ3) is 3.00. The summed E-state index contributed by atoms with van der Waals surface area (Å²) in [7, 11) is 5.23. The Labute approximate surface area is 108 Å². The molecule has 17 heavy (non-hydrogen) atoms. The van der Waals surface area contributed by atoms with Crippen LogP contribution in [0.25, 0.3) is 0 Å². The Kier molecular flexibility index (Phi) is 3.87. The number of hydrogen-bond donors (Lipinski definition) is 0. The number of carbonyl (C=O) groups excluding carboxylic acids is 1. The van der Waals surface area contributed by atoms with Crippen LogP contribution in [0.4, 0.5) is 0 Å².